The van der Waals surface area contributed by atoms with Crippen LogP contribution in [-0.2, 0) is 27.1 Å². The van der Waals surface area contributed by atoms with E-state index in [1.165, 1.54) is 118 Å². The molecule has 0 atom stereocenters. The lowest BCUT2D eigenvalue weighted by molar-refractivity contribution is 0.332. The Kier molecular flexibility index (Phi) is 9.88. The molecule has 2 aliphatic carbocycles. The van der Waals surface area contributed by atoms with Crippen LogP contribution in [-0.4, -0.2) is 6.85 Å². The molecule has 0 saturated heterocycles. The molecule has 0 aromatic heterocycles. The number of hydrogen-bond donors (Lipinski definition) is 0. The third kappa shape index (κ3) is 6.55. The molecule has 0 saturated carbocycles. The lowest BCUT2D eigenvalue weighted by Gasteiger charge is -2.52. The van der Waals surface area contributed by atoms with E-state index in [0.717, 1.165) is 23.5 Å². The summed E-state index contributed by atoms with van der Waals surface area (Å²) in [6.07, 6.45) is 2.33. The number of hydrogen-bond acceptors (Lipinski definition) is 3. The van der Waals surface area contributed by atoms with E-state index < -0.39 is 5.41 Å². The highest BCUT2D eigenvalue weighted by Crippen LogP contribution is 2.64. The maximum Gasteiger partial charge on any atom is 0.333 e. The van der Waals surface area contributed by atoms with Crippen LogP contribution in [0.4, 0.5) is 45.5 Å². The first-order chi connectivity index (χ1) is 36.4. The van der Waals surface area contributed by atoms with E-state index in [4.69, 9.17) is 0 Å². The molecular formula is C72H68BN3. The fourth-order valence-corrected chi connectivity index (χ4v) is 14.5. The zero-order valence-electron chi connectivity index (χ0n) is 46.2. The summed E-state index contributed by atoms with van der Waals surface area (Å²) >= 11 is 0. The molecule has 76 heavy (non-hydrogen) atoms. The Labute approximate surface area is 452 Å². The number of benzene rings is 9. The molecular weight excluding hydrogens is 918 g/mol. The van der Waals surface area contributed by atoms with Gasteiger partial charge in [-0.25, -0.2) is 0 Å². The van der Waals surface area contributed by atoms with Crippen molar-refractivity contribution in [3.05, 3.63) is 238 Å². The maximum atomic E-state index is 2.75. The molecule has 374 valence electrons. The summed E-state index contributed by atoms with van der Waals surface area (Å²) in [5.41, 5.74) is 29.5. The second-order valence-electron chi connectivity index (χ2n) is 26.1. The van der Waals surface area contributed by atoms with Gasteiger partial charge in [-0.1, -0.05) is 191 Å². The molecule has 0 radical (unpaired) electrons. The zero-order chi connectivity index (χ0) is 52.4. The Bertz CT molecular complexity index is 3780. The predicted molar refractivity (Wildman–Crippen MR) is 323 cm³/mol. The summed E-state index contributed by atoms with van der Waals surface area (Å²) in [5.74, 6) is 0. The lowest BCUT2D eigenvalue weighted by atomic mass is 9.42. The smallest absolute Gasteiger partial charge is 0.333 e. The van der Waals surface area contributed by atoms with Gasteiger partial charge in [0.1, 0.15) is 0 Å². The molecule has 5 aliphatic rings. The Morgan fingerprint density at radius 1 is 0.434 bits per heavy atom. The molecule has 0 fully saturated rings. The number of nitrogens with zero attached hydrogens (tertiary/aromatic N) is 3. The van der Waals surface area contributed by atoms with Gasteiger partial charge in [0.25, 0.3) is 0 Å². The molecule has 0 N–H and O–H groups in total. The number of aryl methyl sites for hydroxylation is 1. The van der Waals surface area contributed by atoms with Crippen molar-refractivity contribution in [2.75, 3.05) is 14.6 Å². The van der Waals surface area contributed by atoms with Crippen molar-refractivity contribution in [3.8, 4) is 22.3 Å². The van der Waals surface area contributed by atoms with Gasteiger partial charge in [-0.15, -0.1) is 0 Å². The van der Waals surface area contributed by atoms with Crippen LogP contribution in [0.15, 0.2) is 188 Å². The highest BCUT2D eigenvalue weighted by molar-refractivity contribution is 6.93. The first-order valence-electron chi connectivity index (χ1n) is 27.8. The molecule has 9 aromatic carbocycles. The van der Waals surface area contributed by atoms with E-state index in [9.17, 15) is 0 Å². The van der Waals surface area contributed by atoms with Crippen LogP contribution in [0.25, 0.3) is 22.3 Å². The van der Waals surface area contributed by atoms with Crippen molar-refractivity contribution < 1.29 is 0 Å². The summed E-state index contributed by atoms with van der Waals surface area (Å²) < 4.78 is 0. The third-order valence-electron chi connectivity index (χ3n) is 18.5. The monoisotopic (exact) mass is 986 g/mol. The summed E-state index contributed by atoms with van der Waals surface area (Å²) in [7, 11) is 0. The van der Waals surface area contributed by atoms with Gasteiger partial charge in [0, 0.05) is 45.4 Å². The van der Waals surface area contributed by atoms with E-state index in [1.54, 1.807) is 0 Å². The fourth-order valence-electron chi connectivity index (χ4n) is 14.5. The van der Waals surface area contributed by atoms with Gasteiger partial charge in [0.2, 0.25) is 0 Å². The second kappa shape index (κ2) is 16.0. The van der Waals surface area contributed by atoms with Crippen LogP contribution in [0.3, 0.4) is 0 Å². The number of rotatable bonds is 4. The molecule has 3 nitrogen and oxygen atoms in total. The quantitative estimate of drug-likeness (QED) is 0.163. The van der Waals surface area contributed by atoms with Gasteiger partial charge in [-0.2, -0.15) is 0 Å². The number of anilines is 8. The molecule has 0 unspecified atom stereocenters. The molecule has 3 heterocycles. The van der Waals surface area contributed by atoms with Crippen molar-refractivity contribution in [1.82, 2.24) is 0 Å². The molecule has 0 bridgehead atoms. The second-order valence-corrected chi connectivity index (χ2v) is 26.1. The van der Waals surface area contributed by atoms with Crippen LogP contribution in [0.2, 0.25) is 0 Å². The molecule has 3 aliphatic heterocycles. The van der Waals surface area contributed by atoms with Gasteiger partial charge >= 0.3 is 6.85 Å². The third-order valence-corrected chi connectivity index (χ3v) is 18.5. The Hall–Kier alpha value is -7.56. The van der Waals surface area contributed by atoms with Gasteiger partial charge in [-0.05, 0) is 186 Å². The zero-order valence-corrected chi connectivity index (χ0v) is 46.2. The first kappa shape index (κ1) is 46.9. The lowest BCUT2D eigenvalue weighted by Crippen LogP contribution is -2.62. The highest BCUT2D eigenvalue weighted by Gasteiger charge is 2.56. The number of fused-ring (bicyclic) bond motifs is 14. The molecule has 1 spiro atoms. The van der Waals surface area contributed by atoms with Crippen LogP contribution in [0.1, 0.15) is 132 Å². The summed E-state index contributed by atoms with van der Waals surface area (Å²) in [5, 5.41) is 0. The van der Waals surface area contributed by atoms with E-state index in [2.05, 4.69) is 279 Å². The molecule has 9 aromatic rings. The summed E-state index contributed by atoms with van der Waals surface area (Å²) in [6, 6.07) is 73.4. The van der Waals surface area contributed by atoms with Crippen molar-refractivity contribution in [1.29, 1.82) is 0 Å². The van der Waals surface area contributed by atoms with Crippen molar-refractivity contribution in [2.24, 2.45) is 0 Å². The molecule has 14 rings (SSSR count). The van der Waals surface area contributed by atoms with Gasteiger partial charge in [-0.3, -0.25) is 0 Å². The standard InChI is InChI=1S/C72H68BN3/c1-45-41-55-54-43-50(74(48-31-27-46(28-32-48)68(2,3)4)49-33-29-47(30-34-49)69(5,6)7)36-38-63(54)76(51-35-37-58-61(44-51)71(10,11)40-39-70(58,8)9)73-62-25-18-24-60-67(62)75(65(42-45)66(55)73)64-26-17-16-23-59(64)72(60)56-21-14-12-19-52(56)53-20-13-15-22-57(53)72/h12-38,41-44H,39-40H2,1-11H3. The van der Waals surface area contributed by atoms with Crippen LogP contribution < -0.4 is 25.5 Å². The minimum Gasteiger partial charge on any atom is -0.376 e. The largest absolute Gasteiger partial charge is 0.376 e. The topological polar surface area (TPSA) is 9.72 Å². The predicted octanol–water partition coefficient (Wildman–Crippen LogP) is 17.8. The Morgan fingerprint density at radius 2 is 0.987 bits per heavy atom. The van der Waals surface area contributed by atoms with Crippen LogP contribution in [0, 0.1) is 6.92 Å². The fraction of sp³-hybridized carbons (Fsp3) is 0.250. The van der Waals surface area contributed by atoms with Crippen molar-refractivity contribution in [3.63, 3.8) is 0 Å². The summed E-state index contributed by atoms with van der Waals surface area (Å²) in [6.45, 7) is 25.8. The maximum absolute atomic E-state index is 2.75. The highest BCUT2D eigenvalue weighted by atomic mass is 15.2. The van der Waals surface area contributed by atoms with Crippen LogP contribution in [0.5, 0.6) is 0 Å². The molecule has 0 amide bonds. The number of para-hydroxylation sites is 2. The SMILES string of the molecule is Cc1cc2c3c(c1)N1c4ccccc4C4(c5ccccc5-c5ccccc54)c4cccc(c41)B3N(c1ccc3c(c1)C(C)(C)CCC3(C)C)c1ccc(N(c3ccc(C(C)(C)C)cc3)c3ccc(C(C)(C)C)cc3)cc1-2. The van der Waals surface area contributed by atoms with Crippen molar-refractivity contribution >= 4 is 63.3 Å². The average molecular weight is 986 g/mol. The van der Waals surface area contributed by atoms with E-state index in [1.807, 2.05) is 0 Å². The van der Waals surface area contributed by atoms with E-state index in [-0.39, 0.29) is 28.5 Å². The van der Waals surface area contributed by atoms with Crippen LogP contribution >= 0.6 is 0 Å². The first-order valence-corrected chi connectivity index (χ1v) is 27.8. The van der Waals surface area contributed by atoms with Gasteiger partial charge < -0.3 is 14.6 Å². The molecule has 4 heteroatoms. The van der Waals surface area contributed by atoms with Crippen molar-refractivity contribution in [2.45, 2.75) is 116 Å². The summed E-state index contributed by atoms with van der Waals surface area (Å²) in [4.78, 5) is 7.89. The Balaban J connectivity index is 1.06. The van der Waals surface area contributed by atoms with Gasteiger partial charge in [0.05, 0.1) is 11.1 Å². The van der Waals surface area contributed by atoms with E-state index in [0.29, 0.717) is 0 Å². The minimum absolute atomic E-state index is 0.0315. The Morgan fingerprint density at radius 3 is 1.61 bits per heavy atom. The van der Waals surface area contributed by atoms with Gasteiger partial charge in [0.15, 0.2) is 0 Å². The average Bonchev–Trinajstić information content (AvgIpc) is 3.90. The minimum atomic E-state index is -0.511. The van der Waals surface area contributed by atoms with E-state index >= 15 is 0 Å². The normalized spacial score (nSPS) is 16.5.